The van der Waals surface area contributed by atoms with Crippen LogP contribution in [0.25, 0.3) is 81.8 Å². The van der Waals surface area contributed by atoms with E-state index in [0.717, 1.165) is 10.9 Å². The monoisotopic (exact) mass is 520 g/mol. The number of hydrogen-bond acceptors (Lipinski definition) is 1. The predicted molar refractivity (Wildman–Crippen MR) is 174 cm³/mol. The van der Waals surface area contributed by atoms with Gasteiger partial charge in [-0.05, 0) is 51.6 Å². The number of para-hydroxylation sites is 3. The van der Waals surface area contributed by atoms with E-state index < -0.39 is 0 Å². The summed E-state index contributed by atoms with van der Waals surface area (Å²) in [6.45, 7) is 0. The Morgan fingerprint density at radius 1 is 0.439 bits per heavy atom. The van der Waals surface area contributed by atoms with Gasteiger partial charge in [-0.2, -0.15) is 0 Å². The van der Waals surface area contributed by atoms with Crippen LogP contribution in [0.1, 0.15) is 0 Å². The van der Waals surface area contributed by atoms with Crippen LogP contribution in [0.5, 0.6) is 0 Å². The number of pyridine rings is 1. The fourth-order valence-electron chi connectivity index (χ4n) is 6.83. The second-order valence-corrected chi connectivity index (χ2v) is 10.8. The molecular weight excluding hydrogens is 496 g/mol. The van der Waals surface area contributed by atoms with E-state index >= 15 is 0 Å². The van der Waals surface area contributed by atoms with Crippen molar-refractivity contribution in [3.05, 3.63) is 146 Å². The highest BCUT2D eigenvalue weighted by atomic mass is 15.0. The van der Waals surface area contributed by atoms with E-state index in [1.54, 1.807) is 0 Å². The molecule has 0 N–H and O–H groups in total. The highest BCUT2D eigenvalue weighted by Gasteiger charge is 2.22. The largest absolute Gasteiger partial charge is 0.308 e. The third kappa shape index (κ3) is 3.16. The molecule has 0 spiro atoms. The number of rotatable bonds is 2. The van der Waals surface area contributed by atoms with E-state index in [0.29, 0.717) is 0 Å². The van der Waals surface area contributed by atoms with E-state index in [4.69, 9.17) is 4.98 Å². The molecule has 0 radical (unpaired) electrons. The van der Waals surface area contributed by atoms with Crippen LogP contribution in [0.2, 0.25) is 0 Å². The number of aromatic nitrogens is 2. The van der Waals surface area contributed by atoms with Crippen molar-refractivity contribution in [3.63, 3.8) is 0 Å². The zero-order chi connectivity index (χ0) is 26.9. The second kappa shape index (κ2) is 8.51. The average Bonchev–Trinajstić information content (AvgIpc) is 3.37. The predicted octanol–water partition coefficient (Wildman–Crippen LogP) is 10.5. The smallest absolute Gasteiger partial charge is 0.0708 e. The Labute approximate surface area is 236 Å². The van der Waals surface area contributed by atoms with Gasteiger partial charge in [0.2, 0.25) is 0 Å². The van der Waals surface area contributed by atoms with Gasteiger partial charge in [0.25, 0.3) is 0 Å². The Bertz CT molecular complexity index is 2430. The lowest BCUT2D eigenvalue weighted by Crippen LogP contribution is -2.00. The van der Waals surface area contributed by atoms with Crippen molar-refractivity contribution in [3.8, 4) is 16.8 Å². The topological polar surface area (TPSA) is 17.8 Å². The highest BCUT2D eigenvalue weighted by molar-refractivity contribution is 6.26. The first-order valence-electron chi connectivity index (χ1n) is 14.1. The Kier molecular flexibility index (Phi) is 4.64. The van der Waals surface area contributed by atoms with Crippen LogP contribution in [-0.2, 0) is 0 Å². The zero-order valence-corrected chi connectivity index (χ0v) is 22.3. The van der Waals surface area contributed by atoms with Crippen molar-refractivity contribution in [1.29, 1.82) is 0 Å². The van der Waals surface area contributed by atoms with Crippen molar-refractivity contribution in [2.45, 2.75) is 0 Å². The third-order valence-electron chi connectivity index (χ3n) is 8.57. The maximum atomic E-state index is 5.02. The van der Waals surface area contributed by atoms with Crippen LogP contribution in [0.3, 0.4) is 0 Å². The molecule has 9 aromatic rings. The van der Waals surface area contributed by atoms with Crippen LogP contribution >= 0.6 is 0 Å². The second-order valence-electron chi connectivity index (χ2n) is 10.8. The summed E-state index contributed by atoms with van der Waals surface area (Å²) in [5.74, 6) is 0. The van der Waals surface area contributed by atoms with Gasteiger partial charge >= 0.3 is 0 Å². The van der Waals surface area contributed by atoms with Crippen molar-refractivity contribution in [1.82, 2.24) is 9.55 Å². The maximum Gasteiger partial charge on any atom is 0.0708 e. The number of fused-ring (bicyclic) bond motifs is 8. The van der Waals surface area contributed by atoms with Crippen LogP contribution in [-0.4, -0.2) is 9.55 Å². The number of benzene rings is 7. The van der Waals surface area contributed by atoms with Gasteiger partial charge in [-0.3, -0.25) is 4.98 Å². The first kappa shape index (κ1) is 22.4. The van der Waals surface area contributed by atoms with Gasteiger partial charge in [0.05, 0.1) is 22.2 Å². The quantitative estimate of drug-likeness (QED) is 0.164. The van der Waals surface area contributed by atoms with Crippen molar-refractivity contribution >= 4 is 65.0 Å². The summed E-state index contributed by atoms with van der Waals surface area (Å²) in [7, 11) is 0. The standard InChI is InChI=1S/C39H24N2/c1-2-12-26-23-27(22-21-25(26)11-1)37-30-15-3-4-16-31(30)39(33-24-40-34-18-8-5-17-32(34)38(33)37)41-35-19-9-6-13-28(35)29-14-7-10-20-36(29)41/h1-24H. The van der Waals surface area contributed by atoms with Crippen molar-refractivity contribution in [2.24, 2.45) is 0 Å². The zero-order valence-electron chi connectivity index (χ0n) is 22.3. The van der Waals surface area contributed by atoms with Crippen molar-refractivity contribution < 1.29 is 0 Å². The molecule has 41 heavy (non-hydrogen) atoms. The molecule has 0 aliphatic rings. The molecule has 0 bridgehead atoms. The molecule has 2 heteroatoms. The summed E-state index contributed by atoms with van der Waals surface area (Å²) >= 11 is 0. The van der Waals surface area contributed by atoms with E-state index in [1.807, 2.05) is 0 Å². The van der Waals surface area contributed by atoms with Crippen LogP contribution in [0.15, 0.2) is 146 Å². The van der Waals surface area contributed by atoms with E-state index in [-0.39, 0.29) is 0 Å². The average molecular weight is 521 g/mol. The van der Waals surface area contributed by atoms with Gasteiger partial charge in [0.1, 0.15) is 0 Å². The molecule has 9 rings (SSSR count). The Morgan fingerprint density at radius 3 is 1.78 bits per heavy atom. The Balaban J connectivity index is 1.55. The van der Waals surface area contributed by atoms with Gasteiger partial charge in [-0.25, -0.2) is 0 Å². The number of hydrogen-bond donors (Lipinski definition) is 0. The maximum absolute atomic E-state index is 5.02. The summed E-state index contributed by atoms with van der Waals surface area (Å²) in [6.07, 6.45) is 2.09. The molecule has 0 fully saturated rings. The summed E-state index contributed by atoms with van der Waals surface area (Å²) in [6, 6.07) is 50.4. The Morgan fingerprint density at radius 2 is 1.02 bits per heavy atom. The summed E-state index contributed by atoms with van der Waals surface area (Å²) in [4.78, 5) is 5.02. The summed E-state index contributed by atoms with van der Waals surface area (Å²) in [5.41, 5.74) is 7.05. The Hall–Kier alpha value is -5.47. The molecule has 0 atom stereocenters. The molecule has 0 unspecified atom stereocenters. The lowest BCUT2D eigenvalue weighted by molar-refractivity contribution is 1.21. The first-order valence-corrected chi connectivity index (χ1v) is 14.1. The SMILES string of the molecule is c1ccc2cc(-c3c4ccccc4c(-n4c5ccccc5c5ccccc54)c4cnc5ccccc5c34)ccc2c1. The molecular formula is C39H24N2. The molecule has 0 amide bonds. The molecule has 7 aromatic carbocycles. The minimum absolute atomic E-state index is 1.01. The minimum Gasteiger partial charge on any atom is -0.308 e. The van der Waals surface area contributed by atoms with Crippen LogP contribution < -0.4 is 0 Å². The van der Waals surface area contributed by atoms with Gasteiger partial charge in [0, 0.05) is 38.5 Å². The molecule has 0 saturated carbocycles. The van der Waals surface area contributed by atoms with Gasteiger partial charge in [-0.15, -0.1) is 0 Å². The lowest BCUT2D eigenvalue weighted by Gasteiger charge is -2.20. The summed E-state index contributed by atoms with van der Waals surface area (Å²) < 4.78 is 2.45. The minimum atomic E-state index is 1.01. The van der Waals surface area contributed by atoms with E-state index in [2.05, 4.69) is 150 Å². The lowest BCUT2D eigenvalue weighted by atomic mass is 9.88. The molecule has 2 aromatic heterocycles. The molecule has 2 heterocycles. The van der Waals surface area contributed by atoms with E-state index in [9.17, 15) is 0 Å². The molecule has 0 saturated heterocycles. The van der Waals surface area contributed by atoms with E-state index in [1.165, 1.54) is 70.9 Å². The molecule has 2 nitrogen and oxygen atoms in total. The summed E-state index contributed by atoms with van der Waals surface area (Å²) in [5, 5.41) is 11.0. The third-order valence-corrected chi connectivity index (χ3v) is 8.57. The molecule has 0 aliphatic heterocycles. The van der Waals surface area contributed by atoms with Crippen LogP contribution in [0.4, 0.5) is 0 Å². The fourth-order valence-corrected chi connectivity index (χ4v) is 6.83. The van der Waals surface area contributed by atoms with Crippen molar-refractivity contribution in [2.75, 3.05) is 0 Å². The van der Waals surface area contributed by atoms with Gasteiger partial charge in [-0.1, -0.05) is 115 Å². The van der Waals surface area contributed by atoms with Gasteiger partial charge < -0.3 is 4.57 Å². The normalized spacial score (nSPS) is 11.9. The number of nitrogens with zero attached hydrogens (tertiary/aromatic N) is 2. The molecule has 190 valence electrons. The highest BCUT2D eigenvalue weighted by Crippen LogP contribution is 2.46. The van der Waals surface area contributed by atoms with Gasteiger partial charge in [0.15, 0.2) is 0 Å². The van der Waals surface area contributed by atoms with Crippen LogP contribution in [0, 0.1) is 0 Å². The fraction of sp³-hybridized carbons (Fsp3) is 0. The first-order chi connectivity index (χ1) is 20.4. The molecule has 0 aliphatic carbocycles.